The molecule has 0 unspecified atom stereocenters. The molecule has 0 atom stereocenters. The monoisotopic (exact) mass is 403 g/mol. The van der Waals surface area contributed by atoms with E-state index in [-0.39, 0.29) is 12.3 Å². The number of methoxy groups -OCH3 is 1. The fourth-order valence-electron chi connectivity index (χ4n) is 2.33. The molecule has 3 rings (SSSR count). The van der Waals surface area contributed by atoms with Crippen LogP contribution in [0.2, 0.25) is 5.02 Å². The van der Waals surface area contributed by atoms with E-state index in [2.05, 4.69) is 15.3 Å². The first-order valence-corrected chi connectivity index (χ1v) is 9.49. The maximum atomic E-state index is 12.4. The number of pyridine rings is 1. The number of carbonyl (C=O) groups excluding carboxylic acids is 1. The number of aromatic nitrogens is 2. The van der Waals surface area contributed by atoms with Crippen molar-refractivity contribution in [3.05, 3.63) is 58.7 Å². The lowest BCUT2D eigenvalue weighted by molar-refractivity contribution is -0.115. The highest BCUT2D eigenvalue weighted by Gasteiger charge is 2.13. The topological polar surface area (TPSA) is 73.3 Å². The molecule has 0 fully saturated rings. The minimum absolute atomic E-state index is 0.146. The molecule has 0 bridgehead atoms. The normalized spacial score (nSPS) is 10.6. The molecule has 1 N–H and O–H groups in total. The Labute approximate surface area is 166 Å². The zero-order valence-electron chi connectivity index (χ0n) is 14.6. The lowest BCUT2D eigenvalue weighted by Crippen LogP contribution is -2.16. The van der Waals surface area contributed by atoms with Gasteiger partial charge in [0.15, 0.2) is 0 Å². The molecule has 6 nitrogen and oxygen atoms in total. The maximum Gasteiger partial charge on any atom is 0.237 e. The number of rotatable bonds is 8. The van der Waals surface area contributed by atoms with Gasteiger partial charge in [0.2, 0.25) is 11.8 Å². The molecule has 0 saturated heterocycles. The van der Waals surface area contributed by atoms with Crippen LogP contribution in [0.4, 0.5) is 5.69 Å². The number of thiazole rings is 1. The molecule has 3 aromatic rings. The lowest BCUT2D eigenvalue weighted by atomic mass is 10.2. The van der Waals surface area contributed by atoms with Crippen LogP contribution in [0.3, 0.4) is 0 Å². The van der Waals surface area contributed by atoms with Crippen LogP contribution in [0.5, 0.6) is 5.88 Å². The number of amides is 1. The zero-order chi connectivity index (χ0) is 19.1. The maximum absolute atomic E-state index is 12.4. The van der Waals surface area contributed by atoms with Gasteiger partial charge in [-0.1, -0.05) is 29.8 Å². The number of anilines is 1. The third-order valence-electron chi connectivity index (χ3n) is 3.57. The SMILES string of the molecule is COCCOc1ncccc1NC(=O)Cc1csc(-c2ccccc2Cl)n1. The Morgan fingerprint density at radius 3 is 2.89 bits per heavy atom. The van der Waals surface area contributed by atoms with Crippen LogP contribution in [0, 0.1) is 0 Å². The number of hydrogen-bond acceptors (Lipinski definition) is 6. The molecule has 0 saturated carbocycles. The van der Waals surface area contributed by atoms with Gasteiger partial charge in [-0.15, -0.1) is 11.3 Å². The first-order chi connectivity index (χ1) is 13.2. The third-order valence-corrected chi connectivity index (χ3v) is 4.82. The largest absolute Gasteiger partial charge is 0.474 e. The number of nitrogens with zero attached hydrogens (tertiary/aromatic N) is 2. The Morgan fingerprint density at radius 2 is 2.07 bits per heavy atom. The summed E-state index contributed by atoms with van der Waals surface area (Å²) in [6.45, 7) is 0.789. The summed E-state index contributed by atoms with van der Waals surface area (Å²) in [5.41, 5.74) is 2.05. The molecule has 140 valence electrons. The van der Waals surface area contributed by atoms with Gasteiger partial charge < -0.3 is 14.8 Å². The average molecular weight is 404 g/mol. The van der Waals surface area contributed by atoms with Crippen LogP contribution in [0.15, 0.2) is 48.0 Å². The summed E-state index contributed by atoms with van der Waals surface area (Å²) in [5.74, 6) is 0.161. The molecule has 8 heteroatoms. The van der Waals surface area contributed by atoms with E-state index in [1.807, 2.05) is 29.6 Å². The highest BCUT2D eigenvalue weighted by atomic mass is 35.5. The van der Waals surface area contributed by atoms with Crippen LogP contribution in [-0.2, 0) is 16.0 Å². The number of halogens is 1. The van der Waals surface area contributed by atoms with E-state index in [0.717, 1.165) is 10.6 Å². The highest BCUT2D eigenvalue weighted by Crippen LogP contribution is 2.30. The Morgan fingerprint density at radius 1 is 1.22 bits per heavy atom. The van der Waals surface area contributed by atoms with Crippen molar-refractivity contribution in [3.8, 4) is 16.5 Å². The standard InChI is InChI=1S/C19H18ClN3O3S/c1-25-9-10-26-18-16(7-4-8-21-18)23-17(24)11-13-12-27-19(22-13)14-5-2-3-6-15(14)20/h2-8,12H,9-11H2,1H3,(H,23,24). The molecule has 2 aromatic heterocycles. The summed E-state index contributed by atoms with van der Waals surface area (Å²) in [6, 6.07) is 11.0. The van der Waals surface area contributed by atoms with Gasteiger partial charge in [0.25, 0.3) is 0 Å². The summed E-state index contributed by atoms with van der Waals surface area (Å²) < 4.78 is 10.5. The minimum Gasteiger partial charge on any atom is -0.474 e. The second kappa shape index (κ2) is 9.45. The Bertz CT molecular complexity index is 916. The summed E-state index contributed by atoms with van der Waals surface area (Å²) in [5, 5.41) is 6.10. The summed E-state index contributed by atoms with van der Waals surface area (Å²) in [4.78, 5) is 21.1. The van der Waals surface area contributed by atoms with E-state index in [0.29, 0.717) is 35.5 Å². The van der Waals surface area contributed by atoms with Crippen LogP contribution in [0.25, 0.3) is 10.6 Å². The van der Waals surface area contributed by atoms with Gasteiger partial charge >= 0.3 is 0 Å². The molecule has 2 heterocycles. The van der Waals surface area contributed by atoms with Crippen molar-refractivity contribution in [2.75, 3.05) is 25.6 Å². The zero-order valence-corrected chi connectivity index (χ0v) is 16.2. The Hall–Kier alpha value is -2.48. The summed E-state index contributed by atoms with van der Waals surface area (Å²) in [6.07, 6.45) is 1.75. The van der Waals surface area contributed by atoms with Crippen molar-refractivity contribution < 1.29 is 14.3 Å². The van der Waals surface area contributed by atoms with Gasteiger partial charge in [-0.05, 0) is 18.2 Å². The Kier molecular flexibility index (Phi) is 6.75. The predicted molar refractivity (Wildman–Crippen MR) is 107 cm³/mol. The second-order valence-electron chi connectivity index (χ2n) is 5.55. The number of hydrogen-bond donors (Lipinski definition) is 1. The number of benzene rings is 1. The van der Waals surface area contributed by atoms with E-state index >= 15 is 0 Å². The van der Waals surface area contributed by atoms with E-state index < -0.39 is 0 Å². The van der Waals surface area contributed by atoms with E-state index in [1.54, 1.807) is 25.4 Å². The molecule has 0 spiro atoms. The van der Waals surface area contributed by atoms with Crippen molar-refractivity contribution in [1.29, 1.82) is 0 Å². The minimum atomic E-state index is -0.199. The molecule has 0 aliphatic carbocycles. The van der Waals surface area contributed by atoms with Crippen LogP contribution in [-0.4, -0.2) is 36.2 Å². The molecule has 27 heavy (non-hydrogen) atoms. The molecule has 0 aliphatic heterocycles. The highest BCUT2D eigenvalue weighted by molar-refractivity contribution is 7.13. The van der Waals surface area contributed by atoms with Crippen molar-refractivity contribution in [2.45, 2.75) is 6.42 Å². The Balaban J connectivity index is 1.65. The summed E-state index contributed by atoms with van der Waals surface area (Å²) in [7, 11) is 1.59. The quantitative estimate of drug-likeness (QED) is 0.574. The number of carbonyl (C=O) groups is 1. The van der Waals surface area contributed by atoms with Crippen molar-refractivity contribution in [2.24, 2.45) is 0 Å². The van der Waals surface area contributed by atoms with Crippen molar-refractivity contribution in [1.82, 2.24) is 9.97 Å². The van der Waals surface area contributed by atoms with E-state index in [1.165, 1.54) is 11.3 Å². The van der Waals surface area contributed by atoms with Crippen LogP contribution in [0.1, 0.15) is 5.69 Å². The predicted octanol–water partition coefficient (Wildman–Crippen LogP) is 4.06. The number of ether oxygens (including phenoxy) is 2. The lowest BCUT2D eigenvalue weighted by Gasteiger charge is -2.10. The van der Waals surface area contributed by atoms with Gasteiger partial charge in [0.05, 0.1) is 23.7 Å². The van der Waals surface area contributed by atoms with Gasteiger partial charge in [-0.2, -0.15) is 0 Å². The van der Waals surface area contributed by atoms with Gasteiger partial charge in [-0.3, -0.25) is 4.79 Å². The molecule has 0 radical (unpaired) electrons. The third kappa shape index (κ3) is 5.26. The molecule has 1 aromatic carbocycles. The van der Waals surface area contributed by atoms with Crippen molar-refractivity contribution in [3.63, 3.8) is 0 Å². The smallest absolute Gasteiger partial charge is 0.237 e. The fourth-order valence-corrected chi connectivity index (χ4v) is 3.47. The fraction of sp³-hybridized carbons (Fsp3) is 0.211. The van der Waals surface area contributed by atoms with Crippen LogP contribution < -0.4 is 10.1 Å². The van der Waals surface area contributed by atoms with Gasteiger partial charge in [0, 0.05) is 24.3 Å². The first-order valence-electron chi connectivity index (χ1n) is 8.23. The van der Waals surface area contributed by atoms with E-state index in [9.17, 15) is 4.79 Å². The number of nitrogens with one attached hydrogen (secondary N) is 1. The molecule has 1 amide bonds. The molecule has 0 aliphatic rings. The summed E-state index contributed by atoms with van der Waals surface area (Å²) >= 11 is 7.66. The first kappa shape index (κ1) is 19.3. The molecular weight excluding hydrogens is 386 g/mol. The van der Waals surface area contributed by atoms with Gasteiger partial charge in [0.1, 0.15) is 17.3 Å². The van der Waals surface area contributed by atoms with Crippen molar-refractivity contribution >= 4 is 34.5 Å². The van der Waals surface area contributed by atoms with Crippen LogP contribution >= 0.6 is 22.9 Å². The van der Waals surface area contributed by atoms with E-state index in [4.69, 9.17) is 21.1 Å². The molecular formula is C19H18ClN3O3S. The average Bonchev–Trinajstić information content (AvgIpc) is 3.11. The van der Waals surface area contributed by atoms with Gasteiger partial charge in [-0.25, -0.2) is 9.97 Å². The second-order valence-corrected chi connectivity index (χ2v) is 6.81.